The van der Waals surface area contributed by atoms with E-state index in [9.17, 15) is 9.18 Å². The van der Waals surface area contributed by atoms with Crippen molar-refractivity contribution in [3.05, 3.63) is 35.1 Å². The van der Waals surface area contributed by atoms with Gasteiger partial charge in [-0.3, -0.25) is 10.1 Å². The fraction of sp³-hybridized carbons (Fsp3) is 0.250. The molecule has 0 aliphatic rings. The minimum atomic E-state index is -0.396. The van der Waals surface area contributed by atoms with Gasteiger partial charge in [-0.1, -0.05) is 36.1 Å². The molecule has 0 bridgehead atoms. The molecule has 1 heterocycles. The van der Waals surface area contributed by atoms with Crippen molar-refractivity contribution in [3.63, 3.8) is 0 Å². The van der Waals surface area contributed by atoms with Gasteiger partial charge in [0, 0.05) is 5.56 Å². The van der Waals surface area contributed by atoms with Crippen LogP contribution in [0.4, 0.5) is 9.52 Å². The van der Waals surface area contributed by atoms with E-state index in [0.29, 0.717) is 10.7 Å². The topological polar surface area (TPSA) is 54.9 Å². The maximum absolute atomic E-state index is 13.4. The quantitative estimate of drug-likeness (QED) is 0.694. The first-order valence-electron chi connectivity index (χ1n) is 5.64. The van der Waals surface area contributed by atoms with E-state index in [1.165, 1.54) is 17.4 Å². The highest BCUT2D eigenvalue weighted by Gasteiger charge is 2.11. The fourth-order valence-electron chi connectivity index (χ4n) is 1.35. The van der Waals surface area contributed by atoms with Crippen molar-refractivity contribution in [2.75, 3.05) is 11.1 Å². The third kappa shape index (κ3) is 3.51. The molecule has 0 radical (unpaired) electrons. The number of halogens is 1. The highest BCUT2D eigenvalue weighted by atomic mass is 32.2. The summed E-state index contributed by atoms with van der Waals surface area (Å²) in [4.78, 5) is 11.9. The molecule has 1 N–H and O–H groups in total. The number of carbonyl (C=O) groups is 1. The second-order valence-corrected chi connectivity index (χ2v) is 6.21. The molecule has 0 aliphatic heterocycles. The lowest BCUT2D eigenvalue weighted by atomic mass is 10.1. The van der Waals surface area contributed by atoms with Crippen LogP contribution in [0, 0.1) is 12.7 Å². The molecule has 19 heavy (non-hydrogen) atoms. The van der Waals surface area contributed by atoms with Crippen LogP contribution in [0.5, 0.6) is 0 Å². The zero-order valence-corrected chi connectivity index (χ0v) is 12.1. The lowest BCUT2D eigenvalue weighted by molar-refractivity contribution is 0.102. The predicted molar refractivity (Wildman–Crippen MR) is 75.4 cm³/mol. The van der Waals surface area contributed by atoms with Gasteiger partial charge in [0.2, 0.25) is 5.13 Å². The summed E-state index contributed by atoms with van der Waals surface area (Å²) in [6.07, 6.45) is 0. The van der Waals surface area contributed by atoms with Gasteiger partial charge in [-0.2, -0.15) is 0 Å². The van der Waals surface area contributed by atoms with Crippen LogP contribution in [0.25, 0.3) is 0 Å². The van der Waals surface area contributed by atoms with Gasteiger partial charge >= 0.3 is 0 Å². The minimum Gasteiger partial charge on any atom is -0.296 e. The van der Waals surface area contributed by atoms with Crippen LogP contribution in [0.3, 0.4) is 0 Å². The Hall–Kier alpha value is -1.47. The summed E-state index contributed by atoms with van der Waals surface area (Å²) in [7, 11) is 0. The number of thioether (sulfide) groups is 1. The minimum absolute atomic E-state index is 0.267. The Labute approximate surface area is 118 Å². The molecule has 0 atom stereocenters. The molecule has 2 aromatic rings. The van der Waals surface area contributed by atoms with Crippen LogP contribution < -0.4 is 5.32 Å². The van der Waals surface area contributed by atoms with Gasteiger partial charge in [0.25, 0.3) is 5.91 Å². The summed E-state index contributed by atoms with van der Waals surface area (Å²) in [6.45, 7) is 3.66. The van der Waals surface area contributed by atoms with Crippen molar-refractivity contribution in [2.45, 2.75) is 18.2 Å². The fourth-order valence-corrected chi connectivity index (χ4v) is 2.99. The summed E-state index contributed by atoms with van der Waals surface area (Å²) in [5.74, 6) is 0.112. The van der Waals surface area contributed by atoms with Crippen molar-refractivity contribution in [2.24, 2.45) is 0 Å². The van der Waals surface area contributed by atoms with E-state index in [-0.39, 0.29) is 11.5 Å². The van der Waals surface area contributed by atoms with Gasteiger partial charge < -0.3 is 0 Å². The first-order valence-corrected chi connectivity index (χ1v) is 7.44. The van der Waals surface area contributed by atoms with Gasteiger partial charge in [0.1, 0.15) is 5.82 Å². The third-order valence-corrected chi connectivity index (χ3v) is 4.18. The maximum atomic E-state index is 13.4. The Morgan fingerprint density at radius 3 is 2.95 bits per heavy atom. The largest absolute Gasteiger partial charge is 0.296 e. The summed E-state index contributed by atoms with van der Waals surface area (Å²) in [5, 5.41) is 10.8. The average Bonchev–Trinajstić information content (AvgIpc) is 2.80. The van der Waals surface area contributed by atoms with Gasteiger partial charge in [-0.05, 0) is 30.4 Å². The number of aryl methyl sites for hydroxylation is 1. The Bertz CT molecular complexity index is 600. The molecule has 4 nitrogen and oxygen atoms in total. The maximum Gasteiger partial charge on any atom is 0.257 e. The molecule has 0 spiro atoms. The molecule has 1 aromatic heterocycles. The lowest BCUT2D eigenvalue weighted by Crippen LogP contribution is -2.12. The second-order valence-electron chi connectivity index (χ2n) is 3.72. The van der Waals surface area contributed by atoms with Gasteiger partial charge in [0.05, 0.1) is 0 Å². The van der Waals surface area contributed by atoms with Gasteiger partial charge in [-0.25, -0.2) is 4.39 Å². The van der Waals surface area contributed by atoms with Gasteiger partial charge in [0.15, 0.2) is 4.34 Å². The Kier molecular flexibility index (Phi) is 4.49. The highest BCUT2D eigenvalue weighted by Crippen LogP contribution is 2.25. The molecular formula is C12H12FN3OS2. The third-order valence-electron chi connectivity index (χ3n) is 2.33. The summed E-state index contributed by atoms with van der Waals surface area (Å²) >= 11 is 2.86. The standard InChI is InChI=1S/C12H12FN3OS2/c1-3-18-12-16-15-11(19-12)14-10(17)8-5-4-7(2)9(13)6-8/h4-6H,3H2,1-2H3,(H,14,15,17). The van der Waals surface area contributed by atoms with E-state index in [1.54, 1.807) is 30.8 Å². The van der Waals surface area contributed by atoms with Crippen LogP contribution in [-0.4, -0.2) is 21.9 Å². The van der Waals surface area contributed by atoms with Crippen LogP contribution >= 0.6 is 23.1 Å². The smallest absolute Gasteiger partial charge is 0.257 e. The van der Waals surface area contributed by atoms with Crippen molar-refractivity contribution >= 4 is 34.1 Å². The number of benzene rings is 1. The molecule has 0 fully saturated rings. The summed E-state index contributed by atoms with van der Waals surface area (Å²) in [5.41, 5.74) is 0.775. The van der Waals surface area contributed by atoms with Crippen LogP contribution in [-0.2, 0) is 0 Å². The number of nitrogens with zero attached hydrogens (tertiary/aromatic N) is 2. The van der Waals surface area contributed by atoms with Crippen LogP contribution in [0.15, 0.2) is 22.5 Å². The SMILES string of the molecule is CCSc1nnc(NC(=O)c2ccc(C)c(F)c2)s1. The normalized spacial score (nSPS) is 10.5. The number of carbonyl (C=O) groups excluding carboxylic acids is 1. The molecule has 2 rings (SSSR count). The second kappa shape index (κ2) is 6.12. The van der Waals surface area contributed by atoms with E-state index in [1.807, 2.05) is 6.92 Å². The molecular weight excluding hydrogens is 285 g/mol. The summed E-state index contributed by atoms with van der Waals surface area (Å²) < 4.78 is 14.2. The molecule has 1 aromatic carbocycles. The zero-order chi connectivity index (χ0) is 13.8. The Morgan fingerprint density at radius 1 is 1.47 bits per heavy atom. The van der Waals surface area contributed by atoms with E-state index >= 15 is 0 Å². The molecule has 100 valence electrons. The number of hydrogen-bond acceptors (Lipinski definition) is 5. The first kappa shape index (κ1) is 14.0. The number of anilines is 1. The lowest BCUT2D eigenvalue weighted by Gasteiger charge is -2.02. The molecule has 0 aliphatic carbocycles. The number of aromatic nitrogens is 2. The van der Waals surface area contributed by atoms with Crippen LogP contribution in [0.1, 0.15) is 22.8 Å². The van der Waals surface area contributed by atoms with Crippen molar-refractivity contribution in [1.82, 2.24) is 10.2 Å². The number of amides is 1. The molecule has 0 unspecified atom stereocenters. The predicted octanol–water partition coefficient (Wildman–Crippen LogP) is 3.35. The number of rotatable bonds is 4. The van der Waals surface area contributed by atoms with Gasteiger partial charge in [-0.15, -0.1) is 10.2 Å². The number of hydrogen-bond donors (Lipinski definition) is 1. The molecule has 1 amide bonds. The Balaban J connectivity index is 2.09. The zero-order valence-electron chi connectivity index (χ0n) is 10.4. The van der Waals surface area contributed by atoms with Crippen molar-refractivity contribution in [1.29, 1.82) is 0 Å². The molecule has 0 saturated carbocycles. The first-order chi connectivity index (χ1) is 9.10. The molecule has 0 saturated heterocycles. The number of nitrogens with one attached hydrogen (secondary N) is 1. The monoisotopic (exact) mass is 297 g/mol. The highest BCUT2D eigenvalue weighted by molar-refractivity contribution is 8.01. The average molecular weight is 297 g/mol. The van der Waals surface area contributed by atoms with E-state index in [0.717, 1.165) is 10.1 Å². The van der Waals surface area contributed by atoms with E-state index < -0.39 is 5.82 Å². The summed E-state index contributed by atoms with van der Waals surface area (Å²) in [6, 6.07) is 4.37. The van der Waals surface area contributed by atoms with E-state index in [2.05, 4.69) is 15.5 Å². The van der Waals surface area contributed by atoms with Crippen LogP contribution in [0.2, 0.25) is 0 Å². The van der Waals surface area contributed by atoms with Crippen molar-refractivity contribution in [3.8, 4) is 0 Å². The van der Waals surface area contributed by atoms with E-state index in [4.69, 9.17) is 0 Å². The Morgan fingerprint density at radius 2 is 2.26 bits per heavy atom. The van der Waals surface area contributed by atoms with Crippen molar-refractivity contribution < 1.29 is 9.18 Å². The molecule has 7 heteroatoms.